The van der Waals surface area contributed by atoms with Crippen molar-refractivity contribution in [1.29, 1.82) is 0 Å². The van der Waals surface area contributed by atoms with E-state index in [-0.39, 0.29) is 0 Å². The van der Waals surface area contributed by atoms with Crippen LogP contribution in [0.15, 0.2) is 30.3 Å². The van der Waals surface area contributed by atoms with E-state index in [1.165, 1.54) is 0 Å². The molecule has 0 bridgehead atoms. The summed E-state index contributed by atoms with van der Waals surface area (Å²) in [6.45, 7) is 16.1. The van der Waals surface area contributed by atoms with Gasteiger partial charge in [0.2, 0.25) is 0 Å². The monoisotopic (exact) mass is 461 g/mol. The maximum Gasteiger partial charge on any atom is 0.537 e. The molecular weight excluding hydrogens is 418 g/mol. The molecule has 0 heterocycles. The molecule has 176 valence electrons. The lowest BCUT2D eigenvalue weighted by Gasteiger charge is -2.28. The number of rotatable bonds is 16. The second-order valence-electron chi connectivity index (χ2n) is 6.10. The normalized spacial score (nSPS) is 11.8. The van der Waals surface area contributed by atoms with Gasteiger partial charge in [0.15, 0.2) is 0 Å². The minimum absolute atomic E-state index is 0.598. The van der Waals surface area contributed by atoms with Gasteiger partial charge in [0, 0.05) is 50.9 Å². The Hall–Kier alpha value is -0.626. The Bertz CT molecular complexity index is 475. The third-order valence-corrected chi connectivity index (χ3v) is 10.1. The molecule has 0 atom stereocenters. The molecule has 0 saturated carbocycles. The minimum Gasteiger partial charge on any atom is -0.374 e. The van der Waals surface area contributed by atoms with E-state index in [0.29, 0.717) is 46.2 Å². The maximum absolute atomic E-state index is 5.79. The van der Waals surface area contributed by atoms with Gasteiger partial charge in [0.25, 0.3) is 0 Å². The van der Waals surface area contributed by atoms with E-state index in [1.54, 1.807) is 0 Å². The van der Waals surface area contributed by atoms with Crippen LogP contribution in [-0.4, -0.2) is 63.8 Å². The Balaban J connectivity index is 0.000000567. The van der Waals surface area contributed by atoms with Crippen LogP contribution in [0.1, 0.15) is 48.0 Å². The predicted molar refractivity (Wildman–Crippen MR) is 126 cm³/mol. The summed E-state index contributed by atoms with van der Waals surface area (Å²) in [7, 11) is -5.07. The van der Waals surface area contributed by atoms with Crippen LogP contribution in [0.3, 0.4) is 0 Å². The number of hydrogen-bond acceptors (Lipinski definition) is 7. The van der Waals surface area contributed by atoms with Gasteiger partial charge >= 0.3 is 17.6 Å². The Morgan fingerprint density at radius 3 is 1.37 bits per heavy atom. The molecule has 1 aromatic carbocycles. The van der Waals surface area contributed by atoms with E-state index in [4.69, 9.17) is 32.3 Å². The first-order valence-corrected chi connectivity index (χ1v) is 14.8. The minimum atomic E-state index is -2.67. The van der Waals surface area contributed by atoms with Crippen molar-refractivity contribution >= 4 is 22.8 Å². The topological polar surface area (TPSA) is 81.4 Å². The van der Waals surface area contributed by atoms with Crippen molar-refractivity contribution in [2.75, 3.05) is 46.2 Å². The van der Waals surface area contributed by atoms with E-state index >= 15 is 0 Å². The van der Waals surface area contributed by atoms with Crippen LogP contribution in [0.4, 0.5) is 0 Å². The molecule has 0 aliphatic carbocycles. The van der Waals surface area contributed by atoms with Crippen molar-refractivity contribution in [3.63, 3.8) is 0 Å². The summed E-state index contributed by atoms with van der Waals surface area (Å²) in [5.41, 5.74) is 5.48. The molecule has 30 heavy (non-hydrogen) atoms. The quantitative estimate of drug-likeness (QED) is 0.378. The highest BCUT2D eigenvalue weighted by Crippen LogP contribution is 2.17. The summed E-state index contributed by atoms with van der Waals surface area (Å²) < 4.78 is 34.3. The van der Waals surface area contributed by atoms with Crippen LogP contribution >= 0.6 is 0 Å². The smallest absolute Gasteiger partial charge is 0.374 e. The summed E-state index contributed by atoms with van der Waals surface area (Å²) in [6.07, 6.45) is 0.895. The molecule has 2 N–H and O–H groups in total. The third-order valence-electron chi connectivity index (χ3n) is 3.91. The zero-order valence-electron chi connectivity index (χ0n) is 19.8. The largest absolute Gasteiger partial charge is 0.537 e. The number of nitrogens with two attached hydrogens (primary N) is 1. The molecule has 0 spiro atoms. The molecule has 0 unspecified atom stereocenters. The summed E-state index contributed by atoms with van der Waals surface area (Å²) in [5, 5.41) is 1.03. The number of hydrogen-bond donors (Lipinski definition) is 1. The SMILES string of the molecule is CCO[Si](CCCN)(OCC)OCC.CCO[Si](OCC)(OCC)c1ccccc1. The van der Waals surface area contributed by atoms with Gasteiger partial charge in [-0.05, 0) is 54.5 Å². The van der Waals surface area contributed by atoms with Gasteiger partial charge in [0.1, 0.15) is 0 Å². The molecule has 0 fully saturated rings. The highest BCUT2D eigenvalue weighted by Gasteiger charge is 2.43. The molecule has 0 saturated heterocycles. The fraction of sp³-hybridized carbons (Fsp3) is 0.714. The highest BCUT2D eigenvalue weighted by atomic mass is 28.4. The molecule has 0 aliphatic rings. The molecular formula is C21H43NO6Si2. The van der Waals surface area contributed by atoms with E-state index < -0.39 is 17.6 Å². The summed E-state index contributed by atoms with van der Waals surface area (Å²) in [4.78, 5) is 0. The zero-order valence-corrected chi connectivity index (χ0v) is 21.8. The first-order valence-electron chi connectivity index (χ1n) is 11.1. The first kappa shape index (κ1) is 29.4. The summed E-state index contributed by atoms with van der Waals surface area (Å²) in [5.74, 6) is 0. The highest BCUT2D eigenvalue weighted by molar-refractivity contribution is 6.75. The zero-order chi connectivity index (χ0) is 22.7. The van der Waals surface area contributed by atoms with Crippen LogP contribution in [0.5, 0.6) is 0 Å². The van der Waals surface area contributed by atoms with Crippen LogP contribution in [0.2, 0.25) is 6.04 Å². The Morgan fingerprint density at radius 2 is 1.03 bits per heavy atom. The first-order chi connectivity index (χ1) is 14.5. The van der Waals surface area contributed by atoms with Crippen LogP contribution < -0.4 is 10.9 Å². The Kier molecular flexibility index (Phi) is 17.6. The van der Waals surface area contributed by atoms with E-state index in [1.807, 2.05) is 71.9 Å². The average molecular weight is 462 g/mol. The third kappa shape index (κ3) is 10.6. The lowest BCUT2D eigenvalue weighted by atomic mass is 10.4. The van der Waals surface area contributed by atoms with Gasteiger partial charge in [-0.3, -0.25) is 0 Å². The second-order valence-corrected chi connectivity index (χ2v) is 11.4. The molecule has 1 rings (SSSR count). The lowest BCUT2D eigenvalue weighted by molar-refractivity contribution is 0.0709. The van der Waals surface area contributed by atoms with Gasteiger partial charge in [-0.25, -0.2) is 0 Å². The molecule has 0 radical (unpaired) electrons. The van der Waals surface area contributed by atoms with E-state index in [9.17, 15) is 0 Å². The Labute approximate surface area is 185 Å². The van der Waals surface area contributed by atoms with Gasteiger partial charge in [-0.15, -0.1) is 0 Å². The summed E-state index contributed by atoms with van der Waals surface area (Å²) >= 11 is 0. The van der Waals surface area contributed by atoms with Crippen molar-refractivity contribution in [3.05, 3.63) is 30.3 Å². The van der Waals surface area contributed by atoms with Crippen molar-refractivity contribution in [2.45, 2.75) is 54.0 Å². The molecule has 9 heteroatoms. The van der Waals surface area contributed by atoms with Gasteiger partial charge < -0.3 is 32.3 Å². The molecule has 0 aromatic heterocycles. The van der Waals surface area contributed by atoms with Crippen molar-refractivity contribution in [1.82, 2.24) is 0 Å². The van der Waals surface area contributed by atoms with Gasteiger partial charge in [-0.1, -0.05) is 30.3 Å². The fourth-order valence-corrected chi connectivity index (χ4v) is 8.04. The van der Waals surface area contributed by atoms with Crippen molar-refractivity contribution in [2.24, 2.45) is 5.73 Å². The van der Waals surface area contributed by atoms with Crippen molar-refractivity contribution < 1.29 is 26.6 Å². The second kappa shape index (κ2) is 18.0. The van der Waals surface area contributed by atoms with E-state index in [2.05, 4.69) is 0 Å². The van der Waals surface area contributed by atoms with Crippen LogP contribution in [0, 0.1) is 0 Å². The van der Waals surface area contributed by atoms with Crippen LogP contribution in [0.25, 0.3) is 0 Å². The molecule has 7 nitrogen and oxygen atoms in total. The van der Waals surface area contributed by atoms with E-state index in [0.717, 1.165) is 17.7 Å². The average Bonchev–Trinajstić information content (AvgIpc) is 2.74. The fourth-order valence-electron chi connectivity index (χ4n) is 2.91. The van der Waals surface area contributed by atoms with Crippen LogP contribution in [-0.2, 0) is 26.6 Å². The molecule has 1 aromatic rings. The van der Waals surface area contributed by atoms with Crippen molar-refractivity contribution in [3.8, 4) is 0 Å². The summed E-state index contributed by atoms with van der Waals surface area (Å²) in [6, 6.07) is 10.8. The maximum atomic E-state index is 5.79. The standard InChI is InChI=1S/C12H20O3Si.C9H23NO3Si/c1-4-13-16(14-5-2,15-6-3)12-10-8-7-9-11-12;1-4-11-14(12-5-2,13-6-3)9-7-8-10/h7-11H,4-6H2,1-3H3;4-10H2,1-3H3. The lowest BCUT2D eigenvalue weighted by Crippen LogP contribution is -2.56. The Morgan fingerprint density at radius 1 is 0.633 bits per heavy atom. The van der Waals surface area contributed by atoms with Gasteiger partial charge in [0.05, 0.1) is 0 Å². The molecule has 0 amide bonds. The molecule has 0 aliphatic heterocycles. The predicted octanol–water partition coefficient (Wildman–Crippen LogP) is 3.33. The number of benzene rings is 1. The van der Waals surface area contributed by atoms with Gasteiger partial charge in [-0.2, -0.15) is 0 Å².